The van der Waals surface area contributed by atoms with Crippen LogP contribution in [0.15, 0.2) is 21.1 Å². The Labute approximate surface area is 111 Å². The first-order valence-corrected chi connectivity index (χ1v) is 6.70. The van der Waals surface area contributed by atoms with Crippen LogP contribution in [0.25, 0.3) is 0 Å². The van der Waals surface area contributed by atoms with Gasteiger partial charge in [0, 0.05) is 22.0 Å². The van der Waals surface area contributed by atoms with Crippen LogP contribution in [0, 0.1) is 6.92 Å². The van der Waals surface area contributed by atoms with Crippen LogP contribution >= 0.6 is 38.9 Å². The van der Waals surface area contributed by atoms with Crippen LogP contribution in [0.2, 0.25) is 4.34 Å². The Kier molecular flexibility index (Phi) is 4.02. The van der Waals surface area contributed by atoms with Crippen molar-refractivity contribution >= 4 is 38.9 Å². The Bertz CT molecular complexity index is 463. The number of halogens is 2. The molecule has 0 saturated heterocycles. The molecule has 0 spiro atoms. The predicted octanol–water partition coefficient (Wildman–Crippen LogP) is 3.75. The molecule has 0 fully saturated rings. The first kappa shape index (κ1) is 12.1. The molecule has 0 aromatic carbocycles. The van der Waals surface area contributed by atoms with E-state index in [1.165, 1.54) is 4.88 Å². The third-order valence-electron chi connectivity index (χ3n) is 1.97. The Hall–Kier alpha value is -0.360. The first-order chi connectivity index (χ1) is 7.65. The van der Waals surface area contributed by atoms with Gasteiger partial charge >= 0.3 is 0 Å². The van der Waals surface area contributed by atoms with E-state index in [4.69, 9.17) is 16.1 Å². The molecule has 6 heteroatoms. The highest BCUT2D eigenvalue weighted by atomic mass is 79.9. The molecular weight excluding hydrogens is 312 g/mol. The van der Waals surface area contributed by atoms with Crippen LogP contribution in [0.5, 0.6) is 0 Å². The van der Waals surface area contributed by atoms with E-state index in [9.17, 15) is 0 Å². The summed E-state index contributed by atoms with van der Waals surface area (Å²) < 4.78 is 6.82. The lowest BCUT2D eigenvalue weighted by atomic mass is 10.4. The second kappa shape index (κ2) is 5.31. The van der Waals surface area contributed by atoms with Crippen molar-refractivity contribution < 1.29 is 4.52 Å². The van der Waals surface area contributed by atoms with Crippen molar-refractivity contribution in [2.24, 2.45) is 0 Å². The van der Waals surface area contributed by atoms with E-state index < -0.39 is 0 Å². The molecule has 3 nitrogen and oxygen atoms in total. The molecule has 0 unspecified atom stereocenters. The van der Waals surface area contributed by atoms with Gasteiger partial charge in [-0.2, -0.15) is 0 Å². The molecule has 2 heterocycles. The van der Waals surface area contributed by atoms with Gasteiger partial charge in [0.05, 0.1) is 12.2 Å². The molecule has 0 aliphatic heterocycles. The molecule has 2 rings (SSSR count). The summed E-state index contributed by atoms with van der Waals surface area (Å²) >= 11 is 10.9. The number of hydrogen-bond acceptors (Lipinski definition) is 4. The van der Waals surface area contributed by atoms with E-state index in [-0.39, 0.29) is 0 Å². The van der Waals surface area contributed by atoms with Crippen LogP contribution in [-0.2, 0) is 13.1 Å². The van der Waals surface area contributed by atoms with E-state index in [0.717, 1.165) is 26.8 Å². The van der Waals surface area contributed by atoms with Crippen molar-refractivity contribution in [3.8, 4) is 0 Å². The zero-order valence-corrected chi connectivity index (χ0v) is 11.7. The van der Waals surface area contributed by atoms with Crippen LogP contribution in [0.3, 0.4) is 0 Å². The summed E-state index contributed by atoms with van der Waals surface area (Å²) in [5, 5.41) is 7.09. The molecule has 0 bridgehead atoms. The highest BCUT2D eigenvalue weighted by molar-refractivity contribution is 9.10. The number of nitrogens with zero attached hydrogens (tertiary/aromatic N) is 1. The third kappa shape index (κ3) is 3.07. The molecule has 2 aromatic heterocycles. The summed E-state index contributed by atoms with van der Waals surface area (Å²) in [6, 6.07) is 3.94. The van der Waals surface area contributed by atoms with Gasteiger partial charge in [0.1, 0.15) is 4.34 Å². The third-order valence-corrected chi connectivity index (χ3v) is 4.45. The number of aromatic nitrogens is 1. The number of rotatable bonds is 4. The van der Waals surface area contributed by atoms with E-state index >= 15 is 0 Å². The Morgan fingerprint density at radius 1 is 1.50 bits per heavy atom. The summed E-state index contributed by atoms with van der Waals surface area (Å²) in [5.74, 6) is 0.846. The molecule has 0 saturated carbocycles. The van der Waals surface area contributed by atoms with E-state index in [1.54, 1.807) is 11.3 Å². The second-order valence-corrected chi connectivity index (χ2v) is 5.97. The predicted molar refractivity (Wildman–Crippen MR) is 68.8 cm³/mol. The van der Waals surface area contributed by atoms with Crippen molar-refractivity contribution in [3.05, 3.63) is 37.3 Å². The largest absolute Gasteiger partial charge is 0.360 e. The summed E-state index contributed by atoms with van der Waals surface area (Å²) in [4.78, 5) is 1.19. The standard InChI is InChI=1S/C10H10BrClN2OS/c1-6-2-7(15-14-6)4-13-5-8-3-9(11)10(12)16-8/h2-3,13H,4-5H2,1H3. The molecule has 86 valence electrons. The lowest BCUT2D eigenvalue weighted by molar-refractivity contribution is 0.369. The van der Waals surface area contributed by atoms with E-state index in [2.05, 4.69) is 26.4 Å². The normalized spacial score (nSPS) is 10.9. The first-order valence-electron chi connectivity index (χ1n) is 4.72. The Morgan fingerprint density at radius 2 is 2.31 bits per heavy atom. The average Bonchev–Trinajstić information content (AvgIpc) is 2.75. The van der Waals surface area contributed by atoms with Gasteiger partial charge in [-0.1, -0.05) is 16.8 Å². The van der Waals surface area contributed by atoms with Crippen molar-refractivity contribution in [2.45, 2.75) is 20.0 Å². The maximum absolute atomic E-state index is 5.94. The Balaban J connectivity index is 1.84. The zero-order valence-electron chi connectivity index (χ0n) is 8.59. The van der Waals surface area contributed by atoms with Gasteiger partial charge in [0.15, 0.2) is 5.76 Å². The van der Waals surface area contributed by atoms with Crippen molar-refractivity contribution in [1.29, 1.82) is 0 Å². The minimum Gasteiger partial charge on any atom is -0.360 e. The van der Waals surface area contributed by atoms with Gasteiger partial charge in [-0.25, -0.2) is 0 Å². The number of hydrogen-bond donors (Lipinski definition) is 1. The van der Waals surface area contributed by atoms with E-state index in [1.807, 2.05) is 19.1 Å². The molecule has 0 atom stereocenters. The van der Waals surface area contributed by atoms with Gasteiger partial charge < -0.3 is 9.84 Å². The lowest BCUT2D eigenvalue weighted by Crippen LogP contribution is -2.10. The molecule has 16 heavy (non-hydrogen) atoms. The number of nitrogens with one attached hydrogen (secondary N) is 1. The maximum atomic E-state index is 5.94. The van der Waals surface area contributed by atoms with Crippen molar-refractivity contribution in [2.75, 3.05) is 0 Å². The van der Waals surface area contributed by atoms with Crippen molar-refractivity contribution in [1.82, 2.24) is 10.5 Å². The fourth-order valence-electron chi connectivity index (χ4n) is 1.29. The molecule has 0 aliphatic rings. The summed E-state index contributed by atoms with van der Waals surface area (Å²) in [7, 11) is 0. The minimum absolute atomic E-state index is 0.675. The molecular formula is C10H10BrClN2OS. The molecule has 0 radical (unpaired) electrons. The molecule has 2 aromatic rings. The van der Waals surface area contributed by atoms with Crippen LogP contribution in [0.1, 0.15) is 16.3 Å². The quantitative estimate of drug-likeness (QED) is 0.932. The summed E-state index contributed by atoms with van der Waals surface area (Å²) in [6.45, 7) is 3.35. The van der Waals surface area contributed by atoms with Crippen molar-refractivity contribution in [3.63, 3.8) is 0 Å². The molecule has 0 aliphatic carbocycles. The summed E-state index contributed by atoms with van der Waals surface area (Å²) in [5.41, 5.74) is 0.902. The fourth-order valence-corrected chi connectivity index (χ4v) is 3.05. The smallest absolute Gasteiger partial charge is 0.150 e. The average molecular weight is 322 g/mol. The Morgan fingerprint density at radius 3 is 2.88 bits per heavy atom. The van der Waals surface area contributed by atoms with Gasteiger partial charge in [0.2, 0.25) is 0 Å². The van der Waals surface area contributed by atoms with Crippen LogP contribution in [-0.4, -0.2) is 5.16 Å². The molecule has 0 amide bonds. The van der Waals surface area contributed by atoms with Crippen LogP contribution in [0.4, 0.5) is 0 Å². The topological polar surface area (TPSA) is 38.1 Å². The highest BCUT2D eigenvalue weighted by Crippen LogP contribution is 2.31. The number of aryl methyl sites for hydroxylation is 1. The maximum Gasteiger partial charge on any atom is 0.150 e. The lowest BCUT2D eigenvalue weighted by Gasteiger charge is -1.98. The van der Waals surface area contributed by atoms with Gasteiger partial charge in [-0.3, -0.25) is 0 Å². The van der Waals surface area contributed by atoms with Gasteiger partial charge in [-0.15, -0.1) is 11.3 Å². The fraction of sp³-hybridized carbons (Fsp3) is 0.300. The minimum atomic E-state index is 0.675. The summed E-state index contributed by atoms with van der Waals surface area (Å²) in [6.07, 6.45) is 0. The molecule has 1 N–H and O–H groups in total. The number of thiophene rings is 1. The van der Waals surface area contributed by atoms with Gasteiger partial charge in [-0.05, 0) is 28.9 Å². The van der Waals surface area contributed by atoms with Gasteiger partial charge in [0.25, 0.3) is 0 Å². The zero-order chi connectivity index (χ0) is 11.5. The monoisotopic (exact) mass is 320 g/mol. The van der Waals surface area contributed by atoms with Crippen LogP contribution < -0.4 is 5.32 Å². The highest BCUT2D eigenvalue weighted by Gasteiger charge is 2.05. The second-order valence-electron chi connectivity index (χ2n) is 3.37. The van der Waals surface area contributed by atoms with E-state index in [0.29, 0.717) is 6.54 Å². The SMILES string of the molecule is Cc1cc(CNCc2cc(Br)c(Cl)s2)on1.